The van der Waals surface area contributed by atoms with Crippen molar-refractivity contribution in [2.45, 2.75) is 37.0 Å². The molecule has 0 aromatic heterocycles. The van der Waals surface area contributed by atoms with Crippen LogP contribution in [0.2, 0.25) is 0 Å². The first-order chi connectivity index (χ1) is 9.20. The van der Waals surface area contributed by atoms with Gasteiger partial charge in [-0.1, -0.05) is 43.3 Å². The lowest BCUT2D eigenvalue weighted by Crippen LogP contribution is -1.94. The smallest absolute Gasteiger partial charge is 0.0787 e. The molecule has 0 bridgehead atoms. The van der Waals surface area contributed by atoms with Crippen molar-refractivity contribution in [3.05, 3.63) is 65.2 Å². The monoisotopic (exact) mass is 272 g/mol. The van der Waals surface area contributed by atoms with E-state index in [0.29, 0.717) is 0 Å². The van der Waals surface area contributed by atoms with E-state index in [1.807, 2.05) is 30.8 Å². The summed E-state index contributed by atoms with van der Waals surface area (Å²) < 4.78 is 0. The third-order valence-corrected chi connectivity index (χ3v) is 4.37. The summed E-state index contributed by atoms with van der Waals surface area (Å²) in [6.07, 6.45) is 0.422. The van der Waals surface area contributed by atoms with Gasteiger partial charge in [-0.05, 0) is 42.2 Å². The van der Waals surface area contributed by atoms with Crippen molar-refractivity contribution < 1.29 is 5.11 Å². The molecule has 19 heavy (non-hydrogen) atoms. The molecule has 0 saturated carbocycles. The Morgan fingerprint density at radius 3 is 2.37 bits per heavy atom. The van der Waals surface area contributed by atoms with Crippen LogP contribution in [-0.4, -0.2) is 5.11 Å². The maximum Gasteiger partial charge on any atom is 0.0787 e. The highest BCUT2D eigenvalue weighted by Gasteiger charge is 2.04. The molecule has 0 radical (unpaired) electrons. The number of hydrogen-bond donors (Lipinski definition) is 1. The zero-order valence-corrected chi connectivity index (χ0v) is 12.3. The van der Waals surface area contributed by atoms with Crippen LogP contribution in [0.25, 0.3) is 0 Å². The van der Waals surface area contributed by atoms with Gasteiger partial charge in [0.2, 0.25) is 0 Å². The molecule has 0 unspecified atom stereocenters. The molecule has 2 aromatic rings. The first-order valence-electron chi connectivity index (χ1n) is 6.66. The zero-order valence-electron chi connectivity index (χ0n) is 11.5. The minimum atomic E-state index is -0.338. The highest BCUT2D eigenvalue weighted by Crippen LogP contribution is 2.26. The predicted octanol–water partition coefficient (Wildman–Crippen LogP) is 4.73. The van der Waals surface area contributed by atoms with E-state index < -0.39 is 0 Å². The third-order valence-electron chi connectivity index (χ3n) is 3.31. The van der Waals surface area contributed by atoms with Crippen LogP contribution < -0.4 is 0 Å². The van der Waals surface area contributed by atoms with E-state index in [4.69, 9.17) is 0 Å². The van der Waals surface area contributed by atoms with Gasteiger partial charge in [-0.15, -0.1) is 11.8 Å². The molecular formula is C17H20OS. The van der Waals surface area contributed by atoms with Crippen molar-refractivity contribution in [2.24, 2.45) is 0 Å². The van der Waals surface area contributed by atoms with Crippen LogP contribution in [0.1, 0.15) is 36.1 Å². The number of aliphatic hydroxyl groups is 1. The molecule has 0 spiro atoms. The average Bonchev–Trinajstić information content (AvgIpc) is 2.46. The Bertz CT molecular complexity index is 519. The summed E-state index contributed by atoms with van der Waals surface area (Å²) in [5.74, 6) is 0.988. The molecule has 2 rings (SSSR count). The molecular weight excluding hydrogens is 252 g/mol. The Morgan fingerprint density at radius 1 is 1.05 bits per heavy atom. The Labute approximate surface area is 119 Å². The van der Waals surface area contributed by atoms with Crippen LogP contribution in [0.5, 0.6) is 0 Å². The number of thioether (sulfide) groups is 1. The minimum absolute atomic E-state index is 0.338. The van der Waals surface area contributed by atoms with Gasteiger partial charge in [0, 0.05) is 10.6 Å². The summed E-state index contributed by atoms with van der Waals surface area (Å²) in [5.41, 5.74) is 3.72. The van der Waals surface area contributed by atoms with E-state index in [2.05, 4.69) is 43.3 Å². The van der Waals surface area contributed by atoms with Gasteiger partial charge in [0.15, 0.2) is 0 Å². The van der Waals surface area contributed by atoms with E-state index in [-0.39, 0.29) is 6.10 Å². The summed E-state index contributed by atoms with van der Waals surface area (Å²) in [7, 11) is 0. The topological polar surface area (TPSA) is 20.2 Å². The minimum Gasteiger partial charge on any atom is -0.388 e. The molecule has 0 heterocycles. The summed E-state index contributed by atoms with van der Waals surface area (Å²) in [5, 5.41) is 9.76. The fourth-order valence-electron chi connectivity index (χ4n) is 1.96. The van der Waals surface area contributed by atoms with Gasteiger partial charge in [-0.3, -0.25) is 0 Å². The molecule has 2 heteroatoms. The molecule has 0 aliphatic rings. The Kier molecular flexibility index (Phi) is 5.06. The van der Waals surface area contributed by atoms with Crippen molar-refractivity contribution in [2.75, 3.05) is 0 Å². The molecule has 1 nitrogen and oxygen atoms in total. The number of benzene rings is 2. The molecule has 0 aliphatic heterocycles. The van der Waals surface area contributed by atoms with Crippen LogP contribution in [0.4, 0.5) is 0 Å². The maximum atomic E-state index is 9.76. The van der Waals surface area contributed by atoms with Gasteiger partial charge in [-0.25, -0.2) is 0 Å². The van der Waals surface area contributed by atoms with Crippen molar-refractivity contribution in [1.82, 2.24) is 0 Å². The molecule has 2 aromatic carbocycles. The Morgan fingerprint density at radius 2 is 1.74 bits per heavy atom. The highest BCUT2D eigenvalue weighted by molar-refractivity contribution is 7.98. The summed E-state index contributed by atoms with van der Waals surface area (Å²) in [6, 6.07) is 16.7. The lowest BCUT2D eigenvalue weighted by atomic mass is 10.1. The van der Waals surface area contributed by atoms with Crippen molar-refractivity contribution >= 4 is 11.8 Å². The lowest BCUT2D eigenvalue weighted by Gasteiger charge is -2.09. The summed E-state index contributed by atoms with van der Waals surface area (Å²) >= 11 is 1.83. The first kappa shape index (κ1) is 14.2. The van der Waals surface area contributed by atoms with Crippen LogP contribution in [0.15, 0.2) is 53.4 Å². The van der Waals surface area contributed by atoms with Gasteiger partial charge in [0.05, 0.1) is 6.10 Å². The van der Waals surface area contributed by atoms with E-state index in [0.717, 1.165) is 17.7 Å². The van der Waals surface area contributed by atoms with Crippen molar-refractivity contribution in [3.63, 3.8) is 0 Å². The second kappa shape index (κ2) is 6.78. The van der Waals surface area contributed by atoms with E-state index in [1.165, 1.54) is 16.0 Å². The molecule has 1 N–H and O–H groups in total. The molecule has 1 atom stereocenters. The van der Waals surface area contributed by atoms with Crippen LogP contribution in [0, 0.1) is 6.92 Å². The highest BCUT2D eigenvalue weighted by atomic mass is 32.2. The Hall–Kier alpha value is -1.25. The van der Waals surface area contributed by atoms with Gasteiger partial charge in [0.25, 0.3) is 0 Å². The van der Waals surface area contributed by atoms with Gasteiger partial charge in [0.1, 0.15) is 0 Å². The quantitative estimate of drug-likeness (QED) is 0.794. The number of hydrogen-bond acceptors (Lipinski definition) is 2. The predicted molar refractivity (Wildman–Crippen MR) is 82.4 cm³/mol. The zero-order chi connectivity index (χ0) is 13.7. The normalized spacial score (nSPS) is 12.4. The number of aryl methyl sites for hydroxylation is 1. The van der Waals surface area contributed by atoms with Crippen molar-refractivity contribution in [1.29, 1.82) is 0 Å². The van der Waals surface area contributed by atoms with E-state index in [9.17, 15) is 5.11 Å². The molecule has 0 aliphatic carbocycles. The van der Waals surface area contributed by atoms with Crippen LogP contribution >= 0.6 is 11.8 Å². The fourth-order valence-corrected chi connectivity index (χ4v) is 2.93. The average molecular weight is 272 g/mol. The number of rotatable bonds is 5. The summed E-state index contributed by atoms with van der Waals surface area (Å²) in [6.45, 7) is 4.14. The van der Waals surface area contributed by atoms with Crippen molar-refractivity contribution in [3.8, 4) is 0 Å². The van der Waals surface area contributed by atoms with Gasteiger partial charge < -0.3 is 5.11 Å². The molecule has 0 amide bonds. The molecule has 0 saturated heterocycles. The fraction of sp³-hybridized carbons (Fsp3) is 0.294. The van der Waals surface area contributed by atoms with E-state index >= 15 is 0 Å². The van der Waals surface area contributed by atoms with E-state index in [1.54, 1.807) is 0 Å². The van der Waals surface area contributed by atoms with Gasteiger partial charge >= 0.3 is 0 Å². The first-order valence-corrected chi connectivity index (χ1v) is 7.64. The SMILES string of the molecule is CC[C@@H](O)c1ccc(SCc2ccccc2C)cc1. The molecule has 0 fully saturated rings. The maximum absolute atomic E-state index is 9.76. The largest absolute Gasteiger partial charge is 0.388 e. The second-order valence-corrected chi connectivity index (χ2v) is 5.76. The third kappa shape index (κ3) is 3.85. The molecule has 100 valence electrons. The number of aliphatic hydroxyl groups excluding tert-OH is 1. The van der Waals surface area contributed by atoms with Gasteiger partial charge in [-0.2, -0.15) is 0 Å². The Balaban J connectivity index is 1.99. The lowest BCUT2D eigenvalue weighted by molar-refractivity contribution is 0.173. The van der Waals surface area contributed by atoms with Crippen LogP contribution in [0.3, 0.4) is 0 Å². The van der Waals surface area contributed by atoms with Crippen LogP contribution in [-0.2, 0) is 5.75 Å². The second-order valence-electron chi connectivity index (χ2n) is 4.71. The standard InChI is InChI=1S/C17H20OS/c1-3-17(18)14-8-10-16(11-9-14)19-12-15-7-5-4-6-13(15)2/h4-11,17-18H,3,12H2,1-2H3/t17-/m1/s1. The summed E-state index contributed by atoms with van der Waals surface area (Å²) in [4.78, 5) is 1.25.